The van der Waals surface area contributed by atoms with Crippen LogP contribution in [0.5, 0.6) is 0 Å². The topological polar surface area (TPSA) is 114 Å². The molecule has 2 N–H and O–H groups in total. The third-order valence-electron chi connectivity index (χ3n) is 7.16. The van der Waals surface area contributed by atoms with E-state index < -0.39 is 6.09 Å². The van der Waals surface area contributed by atoms with E-state index in [1.165, 1.54) is 11.9 Å². The zero-order valence-corrected chi connectivity index (χ0v) is 19.9. The van der Waals surface area contributed by atoms with E-state index in [-0.39, 0.29) is 47.4 Å². The number of rotatable bonds is 8. The van der Waals surface area contributed by atoms with Crippen LogP contribution in [0, 0.1) is 11.8 Å². The zero-order valence-electron chi connectivity index (χ0n) is 19.9. The third kappa shape index (κ3) is 4.43. The van der Waals surface area contributed by atoms with Crippen LogP contribution in [-0.4, -0.2) is 64.5 Å². The number of aromatic nitrogens is 3. The molecule has 178 valence electrons. The van der Waals surface area contributed by atoms with Crippen LogP contribution < -0.4 is 5.32 Å². The number of aromatic amines is 1. The Morgan fingerprint density at radius 2 is 2.19 bits per heavy atom. The molecule has 9 heteroatoms. The molecule has 2 aliphatic heterocycles. The van der Waals surface area contributed by atoms with E-state index in [4.69, 9.17) is 18.9 Å². The number of alkyl carbamates (subject to hydrolysis) is 1. The molecule has 3 fully saturated rings. The Morgan fingerprint density at radius 1 is 1.44 bits per heavy atom. The van der Waals surface area contributed by atoms with Crippen molar-refractivity contribution in [1.29, 1.82) is 0 Å². The molecule has 1 aromatic heterocycles. The van der Waals surface area contributed by atoms with Crippen molar-refractivity contribution in [1.82, 2.24) is 20.5 Å². The summed E-state index contributed by atoms with van der Waals surface area (Å²) >= 11 is 0. The normalized spacial score (nSPS) is 36.6. The molecule has 3 heterocycles. The first-order valence-corrected chi connectivity index (χ1v) is 11.5. The molecular formula is C23H36N4O5. The summed E-state index contributed by atoms with van der Waals surface area (Å²) in [4.78, 5) is 17.0. The van der Waals surface area contributed by atoms with Gasteiger partial charge in [-0.25, -0.2) is 9.78 Å². The molecule has 1 saturated carbocycles. The van der Waals surface area contributed by atoms with Crippen molar-refractivity contribution < 1.29 is 23.7 Å². The van der Waals surface area contributed by atoms with Gasteiger partial charge in [0, 0.05) is 7.11 Å². The van der Waals surface area contributed by atoms with Crippen LogP contribution in [0.1, 0.15) is 65.7 Å². The second-order valence-electron chi connectivity index (χ2n) is 10.1. The fraction of sp³-hybridized carbons (Fsp3) is 0.783. The Balaban J connectivity index is 1.46. The Labute approximate surface area is 189 Å². The van der Waals surface area contributed by atoms with Crippen LogP contribution in [0.4, 0.5) is 4.79 Å². The number of carbonyl (C=O) groups excluding carboxylic acids is 1. The van der Waals surface area contributed by atoms with Crippen LogP contribution in [0.25, 0.3) is 0 Å². The highest BCUT2D eigenvalue weighted by Gasteiger charge is 2.72. The predicted octanol–water partition coefficient (Wildman–Crippen LogP) is 3.30. The standard InChI is InChI=1S/C23H36N4O5/c1-13(2)7-8-16-22(5,32-16)19-18(29-6)15(9-10-23(19)11-30-23)31-21(28)26-17(14(3)4)20-24-12-25-27-20/h7,12,14-19H,8-11H2,1-6H3,(H,26,28)(H,24,25,27)/t15-,16-,17+,18-,19?,22+,23+/m1/s1. The van der Waals surface area contributed by atoms with E-state index in [0.717, 1.165) is 12.8 Å². The molecule has 1 aliphatic carbocycles. The van der Waals surface area contributed by atoms with Crippen LogP contribution >= 0.6 is 0 Å². The lowest BCUT2D eigenvalue weighted by Crippen LogP contribution is -2.56. The highest BCUT2D eigenvalue weighted by molar-refractivity contribution is 5.68. The maximum absolute atomic E-state index is 12.9. The fourth-order valence-corrected chi connectivity index (χ4v) is 5.28. The number of methoxy groups -OCH3 is 1. The number of nitrogens with one attached hydrogen (secondary N) is 2. The van der Waals surface area contributed by atoms with Gasteiger partial charge in [-0.1, -0.05) is 25.5 Å². The summed E-state index contributed by atoms with van der Waals surface area (Å²) < 4.78 is 24.1. The van der Waals surface area contributed by atoms with Gasteiger partial charge in [0.1, 0.15) is 35.6 Å². The number of carbonyl (C=O) groups is 1. The van der Waals surface area contributed by atoms with Crippen LogP contribution in [0.2, 0.25) is 0 Å². The molecule has 2 saturated heterocycles. The smallest absolute Gasteiger partial charge is 0.408 e. The van der Waals surface area contributed by atoms with Gasteiger partial charge in [0.15, 0.2) is 0 Å². The number of epoxide rings is 2. The van der Waals surface area contributed by atoms with Gasteiger partial charge >= 0.3 is 6.09 Å². The average molecular weight is 449 g/mol. The van der Waals surface area contributed by atoms with Gasteiger partial charge in [0.2, 0.25) is 0 Å². The molecule has 1 unspecified atom stereocenters. The lowest BCUT2D eigenvalue weighted by Gasteiger charge is -2.42. The molecule has 32 heavy (non-hydrogen) atoms. The molecular weight excluding hydrogens is 412 g/mol. The molecule has 7 atom stereocenters. The number of hydrogen-bond donors (Lipinski definition) is 2. The van der Waals surface area contributed by atoms with Gasteiger partial charge in [0.25, 0.3) is 0 Å². The SMILES string of the molecule is CO[C@H]1C([C@@]2(C)O[C@@H]2CC=C(C)C)[C@]2(CC[C@H]1OC(=O)N[C@H](c1ncn[nH]1)C(C)C)CO2. The average Bonchev–Trinajstić information content (AvgIpc) is 3.57. The van der Waals surface area contributed by atoms with E-state index in [9.17, 15) is 4.79 Å². The van der Waals surface area contributed by atoms with Crippen LogP contribution in [0.15, 0.2) is 18.0 Å². The summed E-state index contributed by atoms with van der Waals surface area (Å²) in [6.45, 7) is 11.0. The van der Waals surface area contributed by atoms with Gasteiger partial charge in [-0.15, -0.1) is 0 Å². The first-order valence-electron chi connectivity index (χ1n) is 11.5. The zero-order chi connectivity index (χ0) is 23.1. The first kappa shape index (κ1) is 23.2. The minimum atomic E-state index is -0.485. The second-order valence-corrected chi connectivity index (χ2v) is 10.1. The number of allylic oxidation sites excluding steroid dienone is 1. The molecule has 0 bridgehead atoms. The number of ether oxygens (including phenoxy) is 4. The summed E-state index contributed by atoms with van der Waals surface area (Å²) in [6, 6.07) is -0.318. The molecule has 0 radical (unpaired) electrons. The maximum atomic E-state index is 12.9. The molecule has 0 aromatic carbocycles. The summed E-state index contributed by atoms with van der Waals surface area (Å²) in [7, 11) is 1.68. The van der Waals surface area contributed by atoms with Crippen molar-refractivity contribution in [2.75, 3.05) is 13.7 Å². The highest BCUT2D eigenvalue weighted by atomic mass is 16.6. The van der Waals surface area contributed by atoms with Gasteiger partial charge in [-0.2, -0.15) is 5.10 Å². The number of H-pyrrole nitrogens is 1. The van der Waals surface area contributed by atoms with Crippen molar-refractivity contribution in [2.24, 2.45) is 11.8 Å². The van der Waals surface area contributed by atoms with Gasteiger partial charge in [-0.05, 0) is 46.0 Å². The van der Waals surface area contributed by atoms with Gasteiger partial charge in [-0.3, -0.25) is 5.10 Å². The quantitative estimate of drug-likeness (QED) is 0.463. The minimum Gasteiger partial charge on any atom is -0.443 e. The Bertz CT molecular complexity index is 833. The van der Waals surface area contributed by atoms with Crippen molar-refractivity contribution >= 4 is 6.09 Å². The number of amides is 1. The molecule has 1 aromatic rings. The largest absolute Gasteiger partial charge is 0.443 e. The lowest BCUT2D eigenvalue weighted by molar-refractivity contribution is -0.118. The Hall–Kier alpha value is -1.97. The highest BCUT2D eigenvalue weighted by Crippen LogP contribution is 2.59. The van der Waals surface area contributed by atoms with Crippen LogP contribution in [0.3, 0.4) is 0 Å². The van der Waals surface area contributed by atoms with Crippen molar-refractivity contribution in [2.45, 2.75) is 89.4 Å². The van der Waals surface area contributed by atoms with E-state index >= 15 is 0 Å². The van der Waals surface area contributed by atoms with E-state index in [0.29, 0.717) is 18.9 Å². The molecule has 9 nitrogen and oxygen atoms in total. The molecule has 4 rings (SSSR count). The van der Waals surface area contributed by atoms with Gasteiger partial charge in [0.05, 0.1) is 24.7 Å². The second kappa shape index (κ2) is 8.76. The van der Waals surface area contributed by atoms with Crippen LogP contribution in [-0.2, 0) is 18.9 Å². The summed E-state index contributed by atoms with van der Waals surface area (Å²) in [6.07, 6.45) is 4.95. The van der Waals surface area contributed by atoms with Gasteiger partial charge < -0.3 is 24.3 Å². The fourth-order valence-electron chi connectivity index (χ4n) is 5.28. The monoisotopic (exact) mass is 448 g/mol. The molecule has 3 aliphatic rings. The van der Waals surface area contributed by atoms with Crippen molar-refractivity contribution in [3.8, 4) is 0 Å². The number of hydrogen-bond acceptors (Lipinski definition) is 7. The van der Waals surface area contributed by atoms with Crippen molar-refractivity contribution in [3.05, 3.63) is 23.8 Å². The molecule has 1 amide bonds. The van der Waals surface area contributed by atoms with E-state index in [1.54, 1.807) is 7.11 Å². The van der Waals surface area contributed by atoms with Crippen molar-refractivity contribution in [3.63, 3.8) is 0 Å². The van der Waals surface area contributed by atoms with E-state index in [1.807, 2.05) is 13.8 Å². The predicted molar refractivity (Wildman–Crippen MR) is 117 cm³/mol. The van der Waals surface area contributed by atoms with E-state index in [2.05, 4.69) is 47.3 Å². The maximum Gasteiger partial charge on any atom is 0.408 e. The minimum absolute atomic E-state index is 0.00252. The first-order chi connectivity index (χ1) is 15.2. The molecule has 1 spiro atoms. The summed E-state index contributed by atoms with van der Waals surface area (Å²) in [5.74, 6) is 0.718. The Morgan fingerprint density at radius 3 is 2.75 bits per heavy atom. The third-order valence-corrected chi connectivity index (χ3v) is 7.16. The Kier molecular flexibility index (Phi) is 6.35. The number of nitrogens with zero attached hydrogens (tertiary/aromatic N) is 2. The lowest BCUT2D eigenvalue weighted by atomic mass is 9.68. The summed E-state index contributed by atoms with van der Waals surface area (Å²) in [5.41, 5.74) is 0.671. The summed E-state index contributed by atoms with van der Waals surface area (Å²) in [5, 5.41) is 9.66.